The van der Waals surface area contributed by atoms with Crippen LogP contribution in [0.5, 0.6) is 11.5 Å². The zero-order valence-corrected chi connectivity index (χ0v) is 9.29. The van der Waals surface area contributed by atoms with Gasteiger partial charge in [-0.25, -0.2) is 4.79 Å². The lowest BCUT2D eigenvalue weighted by molar-refractivity contribution is 0.0596. The maximum Gasteiger partial charge on any atom is 0.341 e. The number of benzene rings is 1. The van der Waals surface area contributed by atoms with E-state index < -0.39 is 5.97 Å². The Labute approximate surface area is 88.8 Å². The number of hydrogen-bond acceptors (Lipinski definition) is 4. The number of carbonyl (C=O) groups is 1. The molecule has 0 unspecified atom stereocenters. The fourth-order valence-electron chi connectivity index (χ4n) is 1.39. The van der Waals surface area contributed by atoms with Crippen molar-refractivity contribution >= 4 is 5.97 Å². The topological polar surface area (TPSA) is 44.8 Å². The molecule has 0 spiro atoms. The van der Waals surface area contributed by atoms with Gasteiger partial charge in [-0.3, -0.25) is 0 Å². The van der Waals surface area contributed by atoms with E-state index in [2.05, 4.69) is 4.74 Å². The van der Waals surface area contributed by atoms with Gasteiger partial charge in [0.15, 0.2) is 11.5 Å². The molecule has 4 nitrogen and oxygen atoms in total. The van der Waals surface area contributed by atoms with Crippen LogP contribution in [0.2, 0.25) is 0 Å². The standard InChI is InChI=1S/C11H14O4/c1-7-5-6-8(11(12)15-4)10(14-3)9(7)13-2/h5-6H,1-4H3. The Balaban J connectivity index is 3.35. The first-order chi connectivity index (χ1) is 7.15. The summed E-state index contributed by atoms with van der Waals surface area (Å²) >= 11 is 0. The summed E-state index contributed by atoms with van der Waals surface area (Å²) in [5, 5.41) is 0. The molecule has 0 amide bonds. The van der Waals surface area contributed by atoms with E-state index in [4.69, 9.17) is 9.47 Å². The van der Waals surface area contributed by atoms with Gasteiger partial charge in [-0.2, -0.15) is 0 Å². The maximum atomic E-state index is 11.4. The number of esters is 1. The van der Waals surface area contributed by atoms with Crippen molar-refractivity contribution < 1.29 is 19.0 Å². The van der Waals surface area contributed by atoms with E-state index in [9.17, 15) is 4.79 Å². The van der Waals surface area contributed by atoms with Crippen molar-refractivity contribution in [3.8, 4) is 11.5 Å². The van der Waals surface area contributed by atoms with Crippen LogP contribution in [0.3, 0.4) is 0 Å². The van der Waals surface area contributed by atoms with Crippen LogP contribution in [0.4, 0.5) is 0 Å². The molecule has 0 radical (unpaired) electrons. The summed E-state index contributed by atoms with van der Waals surface area (Å²) in [6, 6.07) is 3.44. The van der Waals surface area contributed by atoms with Gasteiger partial charge in [-0.15, -0.1) is 0 Å². The zero-order chi connectivity index (χ0) is 11.4. The first-order valence-electron chi connectivity index (χ1n) is 4.45. The average molecular weight is 210 g/mol. The molecule has 0 atom stereocenters. The summed E-state index contributed by atoms with van der Waals surface area (Å²) in [5.41, 5.74) is 1.27. The SMILES string of the molecule is COC(=O)c1ccc(C)c(OC)c1OC. The molecule has 15 heavy (non-hydrogen) atoms. The van der Waals surface area contributed by atoms with Gasteiger partial charge < -0.3 is 14.2 Å². The summed E-state index contributed by atoms with van der Waals surface area (Å²) < 4.78 is 15.0. The third-order valence-corrected chi connectivity index (χ3v) is 2.12. The van der Waals surface area contributed by atoms with E-state index in [1.807, 2.05) is 6.92 Å². The van der Waals surface area contributed by atoms with E-state index in [0.29, 0.717) is 17.1 Å². The van der Waals surface area contributed by atoms with E-state index in [1.54, 1.807) is 12.1 Å². The highest BCUT2D eigenvalue weighted by molar-refractivity contribution is 5.93. The van der Waals surface area contributed by atoms with E-state index in [0.717, 1.165) is 5.56 Å². The lowest BCUT2D eigenvalue weighted by Crippen LogP contribution is -2.06. The van der Waals surface area contributed by atoms with Gasteiger partial charge in [0.05, 0.1) is 21.3 Å². The zero-order valence-electron chi connectivity index (χ0n) is 9.29. The van der Waals surface area contributed by atoms with Gasteiger partial charge in [0.1, 0.15) is 5.56 Å². The first-order valence-corrected chi connectivity index (χ1v) is 4.45. The summed E-state index contributed by atoms with van der Waals surface area (Å²) in [6.45, 7) is 1.88. The van der Waals surface area contributed by atoms with E-state index in [-0.39, 0.29) is 0 Å². The minimum absolute atomic E-state index is 0.363. The van der Waals surface area contributed by atoms with Crippen LogP contribution in [-0.2, 0) is 4.74 Å². The van der Waals surface area contributed by atoms with Crippen molar-refractivity contribution in [3.05, 3.63) is 23.3 Å². The second-order valence-corrected chi connectivity index (χ2v) is 2.99. The highest BCUT2D eigenvalue weighted by Crippen LogP contribution is 2.34. The summed E-state index contributed by atoms with van der Waals surface area (Å²) in [5.74, 6) is 0.523. The lowest BCUT2D eigenvalue weighted by Gasteiger charge is -2.13. The predicted molar refractivity (Wildman–Crippen MR) is 55.6 cm³/mol. The summed E-state index contributed by atoms with van der Waals surface area (Å²) in [6.07, 6.45) is 0. The van der Waals surface area contributed by atoms with E-state index in [1.165, 1.54) is 21.3 Å². The molecule has 0 aliphatic heterocycles. The Morgan fingerprint density at radius 2 is 1.67 bits per heavy atom. The van der Waals surface area contributed by atoms with Crippen LogP contribution in [0.25, 0.3) is 0 Å². The molecule has 82 valence electrons. The van der Waals surface area contributed by atoms with Crippen LogP contribution in [-0.4, -0.2) is 27.3 Å². The fraction of sp³-hybridized carbons (Fsp3) is 0.364. The number of hydrogen-bond donors (Lipinski definition) is 0. The van der Waals surface area contributed by atoms with Crippen LogP contribution in [0.1, 0.15) is 15.9 Å². The van der Waals surface area contributed by atoms with Crippen molar-refractivity contribution in [2.45, 2.75) is 6.92 Å². The second-order valence-electron chi connectivity index (χ2n) is 2.99. The molecular formula is C11H14O4. The third kappa shape index (κ3) is 2.03. The molecule has 0 fully saturated rings. The van der Waals surface area contributed by atoms with Crippen molar-refractivity contribution in [3.63, 3.8) is 0 Å². The first kappa shape index (κ1) is 11.4. The second kappa shape index (κ2) is 4.68. The molecule has 1 rings (SSSR count). The van der Waals surface area contributed by atoms with Crippen LogP contribution < -0.4 is 9.47 Å². The smallest absolute Gasteiger partial charge is 0.341 e. The molecule has 0 heterocycles. The minimum atomic E-state index is -0.440. The number of rotatable bonds is 3. The maximum absolute atomic E-state index is 11.4. The van der Waals surface area contributed by atoms with Gasteiger partial charge in [0, 0.05) is 0 Å². The van der Waals surface area contributed by atoms with Crippen molar-refractivity contribution in [2.24, 2.45) is 0 Å². The van der Waals surface area contributed by atoms with Crippen molar-refractivity contribution in [2.75, 3.05) is 21.3 Å². The molecule has 0 saturated heterocycles. The largest absolute Gasteiger partial charge is 0.493 e. The van der Waals surface area contributed by atoms with Gasteiger partial charge >= 0.3 is 5.97 Å². The molecule has 0 aliphatic rings. The molecule has 4 heteroatoms. The quantitative estimate of drug-likeness (QED) is 0.713. The molecule has 1 aromatic carbocycles. The monoisotopic (exact) mass is 210 g/mol. The van der Waals surface area contributed by atoms with Crippen LogP contribution >= 0.6 is 0 Å². The third-order valence-electron chi connectivity index (χ3n) is 2.12. The molecule has 0 aliphatic carbocycles. The Hall–Kier alpha value is -1.71. The highest BCUT2D eigenvalue weighted by atomic mass is 16.5. The number of carbonyl (C=O) groups excluding carboxylic acids is 1. The Bertz CT molecular complexity index is 371. The van der Waals surface area contributed by atoms with Gasteiger partial charge in [0.25, 0.3) is 0 Å². The molecular weight excluding hydrogens is 196 g/mol. The summed E-state index contributed by atoms with van der Waals surface area (Å²) in [7, 11) is 4.35. The molecule has 0 bridgehead atoms. The number of aryl methyl sites for hydroxylation is 1. The minimum Gasteiger partial charge on any atom is -0.493 e. The number of ether oxygens (including phenoxy) is 3. The molecule has 1 aromatic rings. The van der Waals surface area contributed by atoms with Crippen LogP contribution in [0, 0.1) is 6.92 Å². The van der Waals surface area contributed by atoms with Gasteiger partial charge in [-0.05, 0) is 18.6 Å². The predicted octanol–water partition coefficient (Wildman–Crippen LogP) is 1.80. The number of methoxy groups -OCH3 is 3. The van der Waals surface area contributed by atoms with Gasteiger partial charge in [0.2, 0.25) is 0 Å². The Morgan fingerprint density at radius 3 is 2.13 bits per heavy atom. The van der Waals surface area contributed by atoms with Gasteiger partial charge in [-0.1, -0.05) is 6.07 Å². The summed E-state index contributed by atoms with van der Waals surface area (Å²) in [4.78, 5) is 11.4. The molecule has 0 saturated carbocycles. The molecule has 0 aromatic heterocycles. The normalized spacial score (nSPS) is 9.60. The average Bonchev–Trinajstić information content (AvgIpc) is 2.27. The fourth-order valence-corrected chi connectivity index (χ4v) is 1.39. The van der Waals surface area contributed by atoms with E-state index >= 15 is 0 Å². The molecule has 0 N–H and O–H groups in total. The Morgan fingerprint density at radius 1 is 1.07 bits per heavy atom. The Kier molecular flexibility index (Phi) is 3.55. The van der Waals surface area contributed by atoms with Crippen molar-refractivity contribution in [1.82, 2.24) is 0 Å². The lowest BCUT2D eigenvalue weighted by atomic mass is 10.1. The van der Waals surface area contributed by atoms with Crippen molar-refractivity contribution in [1.29, 1.82) is 0 Å². The van der Waals surface area contributed by atoms with Crippen LogP contribution in [0.15, 0.2) is 12.1 Å². The highest BCUT2D eigenvalue weighted by Gasteiger charge is 2.18.